The summed E-state index contributed by atoms with van der Waals surface area (Å²) in [5.74, 6) is -1.76. The monoisotopic (exact) mass is 371 g/mol. The predicted molar refractivity (Wildman–Crippen MR) is 92.8 cm³/mol. The van der Waals surface area contributed by atoms with Gasteiger partial charge >= 0.3 is 5.97 Å². The van der Waals surface area contributed by atoms with Gasteiger partial charge in [0.2, 0.25) is 0 Å². The lowest BCUT2D eigenvalue weighted by Gasteiger charge is -2.11. The molecule has 3 aromatic rings. The third-order valence-corrected chi connectivity index (χ3v) is 3.50. The summed E-state index contributed by atoms with van der Waals surface area (Å²) in [7, 11) is 0. The van der Waals surface area contributed by atoms with E-state index in [1.54, 1.807) is 0 Å². The van der Waals surface area contributed by atoms with E-state index in [9.17, 15) is 14.0 Å². The highest BCUT2D eigenvalue weighted by atomic mass is 35.5. The first kappa shape index (κ1) is 17.5. The number of rotatable bonds is 4. The van der Waals surface area contributed by atoms with E-state index in [0.717, 1.165) is 0 Å². The van der Waals surface area contributed by atoms with E-state index < -0.39 is 17.7 Å². The van der Waals surface area contributed by atoms with Gasteiger partial charge < -0.3 is 10.1 Å². The number of aromatic nitrogens is 2. The minimum atomic E-state index is -0.767. The Bertz CT molecular complexity index is 950. The zero-order chi connectivity index (χ0) is 18.5. The van der Waals surface area contributed by atoms with Gasteiger partial charge in [-0.1, -0.05) is 11.6 Å². The fourth-order valence-electron chi connectivity index (χ4n) is 2.06. The Balaban J connectivity index is 1.84. The molecule has 0 aliphatic carbocycles. The molecule has 8 heteroatoms. The second-order valence-electron chi connectivity index (χ2n) is 5.08. The molecule has 0 saturated heterocycles. The molecule has 2 aromatic carbocycles. The molecule has 0 saturated carbocycles. The fraction of sp³-hybridized carbons (Fsp3) is 0. The lowest BCUT2D eigenvalue weighted by Crippen LogP contribution is -2.17. The van der Waals surface area contributed by atoms with Crippen molar-refractivity contribution in [3.8, 4) is 5.75 Å². The number of ether oxygens (including phenoxy) is 1. The molecule has 0 atom stereocenters. The van der Waals surface area contributed by atoms with Gasteiger partial charge in [-0.3, -0.25) is 9.78 Å². The molecule has 3 rings (SSSR count). The van der Waals surface area contributed by atoms with Crippen molar-refractivity contribution in [2.75, 3.05) is 5.32 Å². The maximum atomic E-state index is 13.0. The summed E-state index contributed by atoms with van der Waals surface area (Å²) in [5.41, 5.74) is 0.411. The standard InChI is InChI=1S/C18H11ClFN3O3/c19-11-1-6-16(26-18(25)15-10-21-7-8-22-15)14(9-11)17(24)23-13-4-2-12(20)3-5-13/h1-10H,(H,23,24). The average molecular weight is 372 g/mol. The number of amides is 1. The summed E-state index contributed by atoms with van der Waals surface area (Å²) < 4.78 is 18.2. The quantitative estimate of drug-likeness (QED) is 0.558. The van der Waals surface area contributed by atoms with Gasteiger partial charge in [-0.25, -0.2) is 14.2 Å². The van der Waals surface area contributed by atoms with Crippen LogP contribution in [0.3, 0.4) is 0 Å². The zero-order valence-electron chi connectivity index (χ0n) is 13.1. The number of halogens is 2. The van der Waals surface area contributed by atoms with Crippen LogP contribution in [-0.2, 0) is 0 Å². The van der Waals surface area contributed by atoms with Crippen molar-refractivity contribution >= 4 is 29.2 Å². The molecule has 130 valence electrons. The molecule has 0 aliphatic rings. The van der Waals surface area contributed by atoms with Crippen LogP contribution in [0, 0.1) is 5.82 Å². The normalized spacial score (nSPS) is 10.2. The number of anilines is 1. The van der Waals surface area contributed by atoms with E-state index in [1.807, 2.05) is 0 Å². The Morgan fingerprint density at radius 3 is 2.54 bits per heavy atom. The van der Waals surface area contributed by atoms with Crippen LogP contribution in [0.4, 0.5) is 10.1 Å². The Hall–Kier alpha value is -3.32. The first-order chi connectivity index (χ1) is 12.5. The molecule has 6 nitrogen and oxygen atoms in total. The predicted octanol–water partition coefficient (Wildman–Crippen LogP) is 3.74. The number of benzene rings is 2. The lowest BCUT2D eigenvalue weighted by molar-refractivity contribution is 0.0726. The molecule has 0 spiro atoms. The second-order valence-corrected chi connectivity index (χ2v) is 5.52. The number of nitrogens with zero attached hydrogens (tertiary/aromatic N) is 2. The maximum Gasteiger partial charge on any atom is 0.363 e. The molecule has 1 N–H and O–H groups in total. The summed E-state index contributed by atoms with van der Waals surface area (Å²) in [6.07, 6.45) is 4.01. The summed E-state index contributed by atoms with van der Waals surface area (Å²) >= 11 is 5.95. The highest BCUT2D eigenvalue weighted by Gasteiger charge is 2.18. The van der Waals surface area contributed by atoms with E-state index in [1.165, 1.54) is 61.1 Å². The van der Waals surface area contributed by atoms with Gasteiger partial charge in [0, 0.05) is 23.1 Å². The topological polar surface area (TPSA) is 81.2 Å². The number of esters is 1. The minimum absolute atomic E-state index is 0.00432. The van der Waals surface area contributed by atoms with Gasteiger partial charge in [-0.15, -0.1) is 0 Å². The van der Waals surface area contributed by atoms with Crippen LogP contribution < -0.4 is 10.1 Å². The van der Waals surface area contributed by atoms with E-state index in [2.05, 4.69) is 15.3 Å². The number of hydrogen-bond acceptors (Lipinski definition) is 5. The number of carbonyl (C=O) groups excluding carboxylic acids is 2. The molecule has 1 aromatic heterocycles. The van der Waals surface area contributed by atoms with E-state index in [0.29, 0.717) is 5.69 Å². The van der Waals surface area contributed by atoms with Crippen molar-refractivity contribution in [3.63, 3.8) is 0 Å². The SMILES string of the molecule is O=C(Oc1ccc(Cl)cc1C(=O)Nc1ccc(F)cc1)c1cnccn1. The fourth-order valence-corrected chi connectivity index (χ4v) is 2.23. The van der Waals surface area contributed by atoms with Gasteiger partial charge in [0.15, 0.2) is 5.69 Å². The summed E-state index contributed by atoms with van der Waals surface area (Å²) in [5, 5.41) is 2.87. The lowest BCUT2D eigenvalue weighted by atomic mass is 10.1. The molecule has 0 bridgehead atoms. The van der Waals surface area contributed by atoms with Crippen LogP contribution in [0.25, 0.3) is 0 Å². The minimum Gasteiger partial charge on any atom is -0.421 e. The van der Waals surface area contributed by atoms with Gasteiger partial charge in [-0.05, 0) is 42.5 Å². The maximum absolute atomic E-state index is 13.0. The molecule has 0 radical (unpaired) electrons. The van der Waals surface area contributed by atoms with Crippen molar-refractivity contribution in [2.45, 2.75) is 0 Å². The number of hydrogen-bond donors (Lipinski definition) is 1. The number of carbonyl (C=O) groups is 2. The summed E-state index contributed by atoms with van der Waals surface area (Å²) in [6, 6.07) is 9.47. The van der Waals surface area contributed by atoms with Crippen molar-refractivity contribution < 1.29 is 18.7 Å². The summed E-state index contributed by atoms with van der Waals surface area (Å²) in [6.45, 7) is 0. The molecule has 0 aliphatic heterocycles. The Morgan fingerprint density at radius 1 is 1.08 bits per heavy atom. The van der Waals surface area contributed by atoms with Crippen molar-refractivity contribution in [3.05, 3.63) is 83.2 Å². The van der Waals surface area contributed by atoms with Crippen molar-refractivity contribution in [1.29, 1.82) is 0 Å². The van der Waals surface area contributed by atoms with Gasteiger partial charge in [0.1, 0.15) is 11.6 Å². The van der Waals surface area contributed by atoms with E-state index in [4.69, 9.17) is 16.3 Å². The Kier molecular flexibility index (Phi) is 5.19. The second kappa shape index (κ2) is 7.71. The highest BCUT2D eigenvalue weighted by molar-refractivity contribution is 6.31. The average Bonchev–Trinajstić information content (AvgIpc) is 2.65. The Morgan fingerprint density at radius 2 is 1.85 bits per heavy atom. The highest BCUT2D eigenvalue weighted by Crippen LogP contribution is 2.25. The van der Waals surface area contributed by atoms with Crippen LogP contribution >= 0.6 is 11.6 Å². The van der Waals surface area contributed by atoms with Crippen LogP contribution in [0.1, 0.15) is 20.8 Å². The zero-order valence-corrected chi connectivity index (χ0v) is 13.9. The first-order valence-electron chi connectivity index (χ1n) is 7.37. The van der Waals surface area contributed by atoms with Crippen LogP contribution in [-0.4, -0.2) is 21.8 Å². The smallest absolute Gasteiger partial charge is 0.363 e. The molecular formula is C18H11ClFN3O3. The third kappa shape index (κ3) is 4.20. The molecule has 1 heterocycles. The van der Waals surface area contributed by atoms with Gasteiger partial charge in [-0.2, -0.15) is 0 Å². The number of nitrogens with one attached hydrogen (secondary N) is 1. The van der Waals surface area contributed by atoms with Crippen molar-refractivity contribution in [2.24, 2.45) is 0 Å². The molecular weight excluding hydrogens is 361 g/mol. The molecule has 1 amide bonds. The van der Waals surface area contributed by atoms with Crippen molar-refractivity contribution in [1.82, 2.24) is 9.97 Å². The molecule has 0 fully saturated rings. The van der Waals surface area contributed by atoms with Crippen LogP contribution in [0.2, 0.25) is 5.02 Å². The van der Waals surface area contributed by atoms with Crippen LogP contribution in [0.5, 0.6) is 5.75 Å². The summed E-state index contributed by atoms with van der Waals surface area (Å²) in [4.78, 5) is 32.3. The Labute approximate surface area is 152 Å². The van der Waals surface area contributed by atoms with E-state index in [-0.39, 0.29) is 22.0 Å². The largest absolute Gasteiger partial charge is 0.421 e. The molecule has 0 unspecified atom stereocenters. The molecule has 26 heavy (non-hydrogen) atoms. The first-order valence-corrected chi connectivity index (χ1v) is 7.75. The van der Waals surface area contributed by atoms with Gasteiger partial charge in [0.05, 0.1) is 11.8 Å². The van der Waals surface area contributed by atoms with Gasteiger partial charge in [0.25, 0.3) is 5.91 Å². The third-order valence-electron chi connectivity index (χ3n) is 3.26. The van der Waals surface area contributed by atoms with Crippen LogP contribution in [0.15, 0.2) is 61.1 Å². The van der Waals surface area contributed by atoms with E-state index >= 15 is 0 Å².